The lowest BCUT2D eigenvalue weighted by molar-refractivity contribution is 0.0695. The predicted octanol–water partition coefficient (Wildman–Crippen LogP) is 1.95. The number of anilines is 1. The number of rotatable bonds is 3. The number of fused-ring (bicyclic) bond motifs is 2. The Labute approximate surface area is 170 Å². The average Bonchev–Trinajstić information content (AvgIpc) is 3.31. The Morgan fingerprint density at radius 3 is 2.34 bits per heavy atom. The lowest BCUT2D eigenvalue weighted by atomic mass is 10.1. The van der Waals surface area contributed by atoms with E-state index in [1.165, 1.54) is 10.7 Å². The molecule has 2 aliphatic rings. The van der Waals surface area contributed by atoms with Crippen LogP contribution in [-0.4, -0.2) is 30.1 Å². The SMILES string of the molecule is Cn1nc([S@](N)(=O)=NC(=O)Nc2c3c(nc4c2CCC4)CCC3)cc1C(C)(C)O. The van der Waals surface area contributed by atoms with Crippen LogP contribution in [0.3, 0.4) is 0 Å². The number of aromatic nitrogens is 3. The number of aliphatic hydroxyl groups is 1. The Balaban J connectivity index is 1.67. The van der Waals surface area contributed by atoms with E-state index in [-0.39, 0.29) is 5.03 Å². The first-order valence-electron chi connectivity index (χ1n) is 9.72. The van der Waals surface area contributed by atoms with Gasteiger partial charge < -0.3 is 10.4 Å². The summed E-state index contributed by atoms with van der Waals surface area (Å²) in [6.45, 7) is 3.17. The largest absolute Gasteiger partial charge is 0.384 e. The number of pyridine rings is 1. The average molecular weight is 419 g/mol. The summed E-state index contributed by atoms with van der Waals surface area (Å²) in [7, 11) is -1.96. The molecule has 29 heavy (non-hydrogen) atoms. The number of carbonyl (C=O) groups excluding carboxylic acids is 1. The molecule has 10 heteroatoms. The standard InChI is InChI=1S/C19H26N6O3S/c1-19(2,27)15-10-16(23-25(15)3)29(20,28)24-18(26)22-17-11-6-4-8-13(11)21-14-9-5-7-12(14)17/h10,27H,4-9H2,1-3H3,(H3,20,21,22,24,26,28)/t29-/m1/s1. The first-order valence-corrected chi connectivity index (χ1v) is 11.3. The summed E-state index contributed by atoms with van der Waals surface area (Å²) < 4.78 is 18.1. The lowest BCUT2D eigenvalue weighted by Gasteiger charge is -2.16. The zero-order valence-electron chi connectivity index (χ0n) is 16.9. The molecule has 0 fully saturated rings. The van der Waals surface area contributed by atoms with Crippen LogP contribution in [0.5, 0.6) is 0 Å². The van der Waals surface area contributed by atoms with E-state index in [9.17, 15) is 14.1 Å². The van der Waals surface area contributed by atoms with Crippen molar-refractivity contribution >= 4 is 21.6 Å². The van der Waals surface area contributed by atoms with Crippen LogP contribution < -0.4 is 10.5 Å². The van der Waals surface area contributed by atoms with Crippen molar-refractivity contribution in [3.8, 4) is 0 Å². The van der Waals surface area contributed by atoms with E-state index in [4.69, 9.17) is 10.1 Å². The number of carbonyl (C=O) groups is 1. The van der Waals surface area contributed by atoms with Gasteiger partial charge in [0.15, 0.2) is 14.9 Å². The number of nitrogens with zero attached hydrogens (tertiary/aromatic N) is 4. The minimum Gasteiger partial charge on any atom is -0.384 e. The first-order chi connectivity index (χ1) is 13.6. The molecule has 0 saturated carbocycles. The summed E-state index contributed by atoms with van der Waals surface area (Å²) in [4.78, 5) is 17.4. The van der Waals surface area contributed by atoms with Gasteiger partial charge in [-0.15, -0.1) is 4.36 Å². The highest BCUT2D eigenvalue weighted by atomic mass is 32.2. The highest BCUT2D eigenvalue weighted by Gasteiger charge is 2.28. The fraction of sp³-hybridized carbons (Fsp3) is 0.526. The maximum Gasteiger partial charge on any atom is 0.354 e. The molecule has 2 aromatic heterocycles. The van der Waals surface area contributed by atoms with E-state index >= 15 is 0 Å². The molecule has 4 rings (SSSR count). The zero-order chi connectivity index (χ0) is 21.0. The van der Waals surface area contributed by atoms with Crippen LogP contribution in [0, 0.1) is 0 Å². The van der Waals surface area contributed by atoms with Gasteiger partial charge in [0.05, 0.1) is 11.4 Å². The summed E-state index contributed by atoms with van der Waals surface area (Å²) in [5, 5.41) is 23.0. The van der Waals surface area contributed by atoms with Gasteiger partial charge in [-0.05, 0) is 63.5 Å². The van der Waals surface area contributed by atoms with Crippen molar-refractivity contribution in [2.24, 2.45) is 16.5 Å². The number of hydrogen-bond donors (Lipinski definition) is 3. The summed E-state index contributed by atoms with van der Waals surface area (Å²) in [6, 6.07) is 0.656. The van der Waals surface area contributed by atoms with E-state index in [2.05, 4.69) is 14.8 Å². The molecule has 0 bridgehead atoms. The Morgan fingerprint density at radius 2 is 1.83 bits per heavy atom. The lowest BCUT2D eigenvalue weighted by Crippen LogP contribution is -2.19. The van der Waals surface area contributed by atoms with E-state index in [0.29, 0.717) is 5.69 Å². The van der Waals surface area contributed by atoms with Crippen LogP contribution >= 0.6 is 0 Å². The number of urea groups is 1. The molecule has 9 nitrogen and oxygen atoms in total. The van der Waals surface area contributed by atoms with Gasteiger partial charge in [0, 0.05) is 24.5 Å². The topological polar surface area (TPSA) is 135 Å². The molecule has 0 aromatic carbocycles. The van der Waals surface area contributed by atoms with Crippen molar-refractivity contribution in [3.05, 3.63) is 34.3 Å². The molecule has 156 valence electrons. The molecule has 2 heterocycles. The van der Waals surface area contributed by atoms with Gasteiger partial charge in [-0.25, -0.2) is 14.1 Å². The van der Waals surface area contributed by atoms with Gasteiger partial charge in [-0.3, -0.25) is 9.67 Å². The Morgan fingerprint density at radius 1 is 1.24 bits per heavy atom. The second kappa shape index (κ2) is 6.89. The highest BCUT2D eigenvalue weighted by Crippen LogP contribution is 2.36. The van der Waals surface area contributed by atoms with Crippen molar-refractivity contribution < 1.29 is 14.1 Å². The Bertz CT molecular complexity index is 1090. The van der Waals surface area contributed by atoms with Crippen molar-refractivity contribution in [3.63, 3.8) is 0 Å². The molecule has 4 N–H and O–H groups in total. The molecule has 0 radical (unpaired) electrons. The zero-order valence-corrected chi connectivity index (χ0v) is 17.7. The molecule has 2 amide bonds. The molecule has 2 aliphatic carbocycles. The van der Waals surface area contributed by atoms with Crippen LogP contribution in [0.2, 0.25) is 0 Å². The number of hydrogen-bond acceptors (Lipinski definition) is 5. The molecule has 0 unspecified atom stereocenters. The highest BCUT2D eigenvalue weighted by molar-refractivity contribution is 7.91. The van der Waals surface area contributed by atoms with Crippen molar-refractivity contribution in [1.82, 2.24) is 14.8 Å². The number of nitrogens with one attached hydrogen (secondary N) is 1. The van der Waals surface area contributed by atoms with Gasteiger partial charge in [-0.1, -0.05) is 0 Å². The van der Waals surface area contributed by atoms with Crippen LogP contribution in [0.1, 0.15) is 54.9 Å². The van der Waals surface area contributed by atoms with Crippen LogP contribution in [-0.2, 0) is 48.2 Å². The minimum atomic E-state index is -3.57. The smallest absolute Gasteiger partial charge is 0.354 e. The van der Waals surface area contributed by atoms with Gasteiger partial charge in [0.25, 0.3) is 0 Å². The van der Waals surface area contributed by atoms with E-state index in [0.717, 1.165) is 66.7 Å². The fourth-order valence-electron chi connectivity index (χ4n) is 4.19. The molecule has 0 aliphatic heterocycles. The third kappa shape index (κ3) is 3.67. The van der Waals surface area contributed by atoms with E-state index in [1.54, 1.807) is 20.9 Å². The summed E-state index contributed by atoms with van der Waals surface area (Å²) in [6.07, 6.45) is 5.55. The van der Waals surface area contributed by atoms with Gasteiger partial charge >= 0.3 is 6.03 Å². The van der Waals surface area contributed by atoms with Crippen LogP contribution in [0.25, 0.3) is 0 Å². The van der Waals surface area contributed by atoms with Crippen molar-refractivity contribution in [2.75, 3.05) is 5.32 Å². The normalized spacial score (nSPS) is 17.6. The van der Waals surface area contributed by atoms with Gasteiger partial charge in [-0.2, -0.15) is 5.10 Å². The number of aryl methyl sites for hydroxylation is 3. The maximum atomic E-state index is 12.9. The molecular formula is C19H26N6O3S. The van der Waals surface area contributed by atoms with Gasteiger partial charge in [0.2, 0.25) is 0 Å². The third-order valence-electron chi connectivity index (χ3n) is 5.49. The Hall–Kier alpha value is -2.30. The van der Waals surface area contributed by atoms with E-state index in [1.807, 2.05) is 0 Å². The quantitative estimate of drug-likeness (QED) is 0.700. The second-order valence-corrected chi connectivity index (χ2v) is 9.92. The predicted molar refractivity (Wildman–Crippen MR) is 109 cm³/mol. The molecule has 0 spiro atoms. The maximum absolute atomic E-state index is 12.9. The van der Waals surface area contributed by atoms with Crippen molar-refractivity contribution in [2.45, 2.75) is 63.0 Å². The molecular weight excluding hydrogens is 392 g/mol. The summed E-state index contributed by atoms with van der Waals surface area (Å²) in [5.74, 6) is 0. The van der Waals surface area contributed by atoms with Crippen molar-refractivity contribution in [1.29, 1.82) is 0 Å². The number of amides is 2. The molecule has 0 saturated heterocycles. The first kappa shape index (κ1) is 20.0. The summed E-state index contributed by atoms with van der Waals surface area (Å²) in [5.41, 5.74) is 4.17. The fourth-order valence-corrected chi connectivity index (χ4v) is 5.10. The second-order valence-electron chi connectivity index (χ2n) is 8.18. The molecule has 2 aromatic rings. The number of nitrogens with two attached hydrogens (primary N) is 1. The monoisotopic (exact) mass is 418 g/mol. The summed E-state index contributed by atoms with van der Waals surface area (Å²) >= 11 is 0. The Kier molecular flexibility index (Phi) is 4.75. The van der Waals surface area contributed by atoms with Crippen LogP contribution in [0.15, 0.2) is 15.5 Å². The van der Waals surface area contributed by atoms with Crippen LogP contribution in [0.4, 0.5) is 10.5 Å². The molecule has 1 atom stereocenters. The van der Waals surface area contributed by atoms with E-state index < -0.39 is 21.5 Å². The third-order valence-corrected chi connectivity index (χ3v) is 6.72. The van der Waals surface area contributed by atoms with Gasteiger partial charge in [0.1, 0.15) is 5.60 Å². The minimum absolute atomic E-state index is 0.0440.